The number of nitrogens with zero attached hydrogens (tertiary/aromatic N) is 1. The van der Waals surface area contributed by atoms with Crippen molar-refractivity contribution in [2.45, 2.75) is 32.7 Å². The summed E-state index contributed by atoms with van der Waals surface area (Å²) in [5.41, 5.74) is 3.88. The van der Waals surface area contributed by atoms with E-state index in [0.717, 1.165) is 22.4 Å². The first-order valence-electron chi connectivity index (χ1n) is 7.87. The molecule has 23 heavy (non-hydrogen) atoms. The highest BCUT2D eigenvalue weighted by Gasteiger charge is 2.21. The zero-order valence-electron chi connectivity index (χ0n) is 13.4. The highest BCUT2D eigenvalue weighted by molar-refractivity contribution is 6.01. The molecule has 0 aliphatic carbocycles. The Balaban J connectivity index is 2.16. The monoisotopic (exact) mass is 308 g/mol. The minimum Gasteiger partial charge on any atom is -0.325 e. The van der Waals surface area contributed by atoms with Crippen LogP contribution in [0.2, 0.25) is 0 Å². The molecular formula is C19H20N2O2. The smallest absolute Gasteiger partial charge is 0.250 e. The number of aromatic nitrogens is 1. The van der Waals surface area contributed by atoms with Crippen LogP contribution in [0.1, 0.15) is 43.9 Å². The maximum atomic E-state index is 12.0. The van der Waals surface area contributed by atoms with Gasteiger partial charge < -0.3 is 9.88 Å². The minimum atomic E-state index is -0.00884. The predicted molar refractivity (Wildman–Crippen MR) is 91.7 cm³/mol. The maximum Gasteiger partial charge on any atom is 0.250 e. The summed E-state index contributed by atoms with van der Waals surface area (Å²) in [6.07, 6.45) is 3.03. The molecule has 0 unspecified atom stereocenters. The number of hydrogen-bond donors (Lipinski definition) is 1. The van der Waals surface area contributed by atoms with Gasteiger partial charge in [-0.2, -0.15) is 0 Å². The molecule has 1 aliphatic rings. The number of carbonyl (C=O) groups is 1. The van der Waals surface area contributed by atoms with Crippen molar-refractivity contribution in [1.82, 2.24) is 9.88 Å². The molecule has 2 aromatic rings. The van der Waals surface area contributed by atoms with Crippen molar-refractivity contribution in [2.75, 3.05) is 0 Å². The van der Waals surface area contributed by atoms with E-state index in [0.29, 0.717) is 12.8 Å². The first-order chi connectivity index (χ1) is 11.1. The van der Waals surface area contributed by atoms with Crippen molar-refractivity contribution in [3.8, 4) is 0 Å². The lowest BCUT2D eigenvalue weighted by Crippen LogP contribution is -2.27. The van der Waals surface area contributed by atoms with Gasteiger partial charge in [-0.05, 0) is 43.0 Å². The highest BCUT2D eigenvalue weighted by atomic mass is 16.1. The lowest BCUT2D eigenvalue weighted by Gasteiger charge is -2.23. The van der Waals surface area contributed by atoms with Crippen molar-refractivity contribution < 1.29 is 4.79 Å². The molecule has 0 saturated carbocycles. The number of nitrogens with one attached hydrogen (secondary N) is 1. The van der Waals surface area contributed by atoms with Gasteiger partial charge in [0.2, 0.25) is 5.91 Å². The summed E-state index contributed by atoms with van der Waals surface area (Å²) in [6, 6.07) is 13.4. The number of hydrogen-bond acceptors (Lipinski definition) is 2. The van der Waals surface area contributed by atoms with E-state index in [4.69, 9.17) is 0 Å². The van der Waals surface area contributed by atoms with Crippen LogP contribution in [-0.4, -0.2) is 10.5 Å². The average Bonchev–Trinajstić information content (AvgIpc) is 2.56. The molecule has 0 fully saturated rings. The van der Waals surface area contributed by atoms with Gasteiger partial charge in [0.05, 0.1) is 5.70 Å². The lowest BCUT2D eigenvalue weighted by atomic mass is 9.93. The van der Waals surface area contributed by atoms with Crippen LogP contribution in [0, 0.1) is 0 Å². The standard InChI is InChI=1S/C19H20N2O2/c1-13(2)21-12-15(8-11-18(21)23)16-9-10-17(22)20-19(16)14-6-4-3-5-7-14/h3-8,11-13H,9-10H2,1-2H3,(H,20,22). The molecule has 0 saturated heterocycles. The molecule has 1 amide bonds. The second kappa shape index (κ2) is 6.24. The Morgan fingerprint density at radius 2 is 1.70 bits per heavy atom. The number of pyridine rings is 1. The normalized spacial score (nSPS) is 15.0. The Kier molecular flexibility index (Phi) is 4.15. The van der Waals surface area contributed by atoms with Crippen LogP contribution in [0.5, 0.6) is 0 Å². The lowest BCUT2D eigenvalue weighted by molar-refractivity contribution is -0.120. The van der Waals surface area contributed by atoms with Crippen molar-refractivity contribution in [1.29, 1.82) is 0 Å². The Morgan fingerprint density at radius 1 is 0.957 bits per heavy atom. The van der Waals surface area contributed by atoms with E-state index in [1.807, 2.05) is 56.4 Å². The number of carbonyl (C=O) groups excluding carboxylic acids is 1. The zero-order valence-corrected chi connectivity index (χ0v) is 13.4. The fourth-order valence-electron chi connectivity index (χ4n) is 2.87. The van der Waals surface area contributed by atoms with Gasteiger partial charge in [0.15, 0.2) is 0 Å². The van der Waals surface area contributed by atoms with Crippen molar-refractivity contribution >= 4 is 17.2 Å². The molecule has 0 spiro atoms. The van der Waals surface area contributed by atoms with Gasteiger partial charge in [0, 0.05) is 24.7 Å². The molecule has 1 aliphatic heterocycles. The molecular weight excluding hydrogens is 288 g/mol. The van der Waals surface area contributed by atoms with Crippen LogP contribution in [-0.2, 0) is 4.79 Å². The van der Waals surface area contributed by atoms with Crippen LogP contribution in [0.4, 0.5) is 0 Å². The molecule has 0 radical (unpaired) electrons. The third-order valence-electron chi connectivity index (χ3n) is 4.07. The van der Waals surface area contributed by atoms with E-state index in [9.17, 15) is 9.59 Å². The fourth-order valence-corrected chi connectivity index (χ4v) is 2.87. The Bertz CT molecular complexity index is 817. The van der Waals surface area contributed by atoms with E-state index in [1.54, 1.807) is 10.6 Å². The third kappa shape index (κ3) is 3.11. The first-order valence-corrected chi connectivity index (χ1v) is 7.87. The Morgan fingerprint density at radius 3 is 2.39 bits per heavy atom. The predicted octanol–water partition coefficient (Wildman–Crippen LogP) is 3.21. The summed E-state index contributed by atoms with van der Waals surface area (Å²) >= 11 is 0. The van der Waals surface area contributed by atoms with E-state index >= 15 is 0 Å². The largest absolute Gasteiger partial charge is 0.325 e. The van der Waals surface area contributed by atoms with Gasteiger partial charge in [-0.25, -0.2) is 0 Å². The molecule has 3 rings (SSSR count). The topological polar surface area (TPSA) is 51.1 Å². The van der Waals surface area contributed by atoms with E-state index in [2.05, 4.69) is 5.32 Å². The average molecular weight is 308 g/mol. The zero-order chi connectivity index (χ0) is 16.4. The van der Waals surface area contributed by atoms with Crippen LogP contribution in [0.3, 0.4) is 0 Å². The Labute approximate surface area is 135 Å². The molecule has 4 heteroatoms. The van der Waals surface area contributed by atoms with Crippen LogP contribution < -0.4 is 10.9 Å². The quantitative estimate of drug-likeness (QED) is 0.946. The highest BCUT2D eigenvalue weighted by Crippen LogP contribution is 2.31. The molecule has 4 nitrogen and oxygen atoms in total. The van der Waals surface area contributed by atoms with Crippen molar-refractivity contribution in [2.24, 2.45) is 0 Å². The molecule has 1 N–H and O–H groups in total. The van der Waals surface area contributed by atoms with Crippen molar-refractivity contribution in [3.05, 3.63) is 70.1 Å². The van der Waals surface area contributed by atoms with Gasteiger partial charge in [0.1, 0.15) is 0 Å². The minimum absolute atomic E-state index is 0.00884. The summed E-state index contributed by atoms with van der Waals surface area (Å²) in [7, 11) is 0. The molecule has 2 heterocycles. The van der Waals surface area contributed by atoms with Crippen LogP contribution >= 0.6 is 0 Å². The molecule has 1 aromatic heterocycles. The number of allylic oxidation sites excluding steroid dienone is 1. The SMILES string of the molecule is CC(C)n1cc(C2=C(c3ccccc3)NC(=O)CC2)ccc1=O. The molecule has 0 bridgehead atoms. The van der Waals surface area contributed by atoms with Gasteiger partial charge >= 0.3 is 0 Å². The fraction of sp³-hybridized carbons (Fsp3) is 0.263. The summed E-state index contributed by atoms with van der Waals surface area (Å²) in [5.74, 6) is 0.0322. The van der Waals surface area contributed by atoms with Crippen molar-refractivity contribution in [3.63, 3.8) is 0 Å². The first kappa shape index (κ1) is 15.3. The third-order valence-corrected chi connectivity index (χ3v) is 4.07. The number of amides is 1. The molecule has 0 atom stereocenters. The van der Waals surface area contributed by atoms with Crippen LogP contribution in [0.15, 0.2) is 53.5 Å². The molecule has 1 aromatic carbocycles. The van der Waals surface area contributed by atoms with E-state index in [-0.39, 0.29) is 17.5 Å². The van der Waals surface area contributed by atoms with Gasteiger partial charge in [-0.3, -0.25) is 9.59 Å². The summed E-state index contributed by atoms with van der Waals surface area (Å²) < 4.78 is 1.72. The second-order valence-electron chi connectivity index (χ2n) is 6.02. The van der Waals surface area contributed by atoms with E-state index in [1.165, 1.54) is 0 Å². The number of rotatable bonds is 3. The number of benzene rings is 1. The Hall–Kier alpha value is -2.62. The van der Waals surface area contributed by atoms with E-state index < -0.39 is 0 Å². The van der Waals surface area contributed by atoms with Crippen LogP contribution in [0.25, 0.3) is 11.3 Å². The second-order valence-corrected chi connectivity index (χ2v) is 6.02. The van der Waals surface area contributed by atoms with Gasteiger partial charge in [0.25, 0.3) is 5.56 Å². The summed E-state index contributed by atoms with van der Waals surface area (Å²) in [4.78, 5) is 23.8. The van der Waals surface area contributed by atoms with Gasteiger partial charge in [-0.15, -0.1) is 0 Å². The maximum absolute atomic E-state index is 12.0. The molecule has 118 valence electrons. The summed E-state index contributed by atoms with van der Waals surface area (Å²) in [5, 5.41) is 3.00. The summed E-state index contributed by atoms with van der Waals surface area (Å²) in [6.45, 7) is 3.97. The van der Waals surface area contributed by atoms with Gasteiger partial charge in [-0.1, -0.05) is 30.3 Å².